The molecule has 4 nitrogen and oxygen atoms in total. The molecule has 0 radical (unpaired) electrons. The highest BCUT2D eigenvalue weighted by atomic mass is 16.4. The van der Waals surface area contributed by atoms with Crippen molar-refractivity contribution in [2.45, 2.75) is 32.4 Å². The summed E-state index contributed by atoms with van der Waals surface area (Å²) in [4.78, 5) is 12.2. The maximum Gasteiger partial charge on any atom is 0.407 e. The first-order valence-corrected chi connectivity index (χ1v) is 4.38. The van der Waals surface area contributed by atoms with Crippen LogP contribution in [0, 0.1) is 0 Å². The SMILES string of the molecule is CC[C@H]1CN(C(=O)O)[C@H](C)CN1. The van der Waals surface area contributed by atoms with Crippen molar-refractivity contribution in [1.82, 2.24) is 10.2 Å². The lowest BCUT2D eigenvalue weighted by Gasteiger charge is -2.36. The Bertz CT molecular complexity index is 172. The van der Waals surface area contributed by atoms with Gasteiger partial charge in [-0.05, 0) is 13.3 Å². The van der Waals surface area contributed by atoms with E-state index >= 15 is 0 Å². The minimum absolute atomic E-state index is 0.102. The lowest BCUT2D eigenvalue weighted by Crippen LogP contribution is -2.56. The molecule has 1 saturated heterocycles. The summed E-state index contributed by atoms with van der Waals surface area (Å²) < 4.78 is 0. The van der Waals surface area contributed by atoms with Crippen LogP contribution in [-0.4, -0.2) is 41.3 Å². The molecule has 0 saturated carbocycles. The third-order valence-corrected chi connectivity index (χ3v) is 2.39. The monoisotopic (exact) mass is 172 g/mol. The minimum Gasteiger partial charge on any atom is -0.465 e. The fourth-order valence-electron chi connectivity index (χ4n) is 1.47. The number of hydrogen-bond donors (Lipinski definition) is 2. The Morgan fingerprint density at radius 1 is 1.75 bits per heavy atom. The third kappa shape index (κ3) is 1.88. The number of rotatable bonds is 1. The van der Waals surface area contributed by atoms with Gasteiger partial charge in [-0.25, -0.2) is 4.79 Å². The zero-order chi connectivity index (χ0) is 9.14. The Morgan fingerprint density at radius 2 is 2.42 bits per heavy atom. The van der Waals surface area contributed by atoms with Crippen LogP contribution in [-0.2, 0) is 0 Å². The number of carbonyl (C=O) groups is 1. The molecule has 0 aliphatic carbocycles. The van der Waals surface area contributed by atoms with Crippen molar-refractivity contribution in [2.75, 3.05) is 13.1 Å². The molecule has 1 heterocycles. The molecule has 1 aliphatic heterocycles. The van der Waals surface area contributed by atoms with Crippen LogP contribution in [0.1, 0.15) is 20.3 Å². The normalized spacial score (nSPS) is 30.3. The largest absolute Gasteiger partial charge is 0.465 e. The summed E-state index contributed by atoms with van der Waals surface area (Å²) in [6.07, 6.45) is 0.179. The van der Waals surface area contributed by atoms with Crippen LogP contribution in [0.25, 0.3) is 0 Å². The number of carboxylic acid groups (broad SMARTS) is 1. The van der Waals surface area contributed by atoms with Crippen molar-refractivity contribution >= 4 is 6.09 Å². The van der Waals surface area contributed by atoms with Crippen LogP contribution in [0.5, 0.6) is 0 Å². The molecule has 70 valence electrons. The second-order valence-corrected chi connectivity index (χ2v) is 3.30. The van der Waals surface area contributed by atoms with Gasteiger partial charge in [0.2, 0.25) is 0 Å². The highest BCUT2D eigenvalue weighted by Gasteiger charge is 2.26. The van der Waals surface area contributed by atoms with Gasteiger partial charge in [0.25, 0.3) is 0 Å². The van der Waals surface area contributed by atoms with Gasteiger partial charge in [0.15, 0.2) is 0 Å². The molecular weight excluding hydrogens is 156 g/mol. The van der Waals surface area contributed by atoms with E-state index in [9.17, 15) is 4.79 Å². The van der Waals surface area contributed by atoms with Crippen molar-refractivity contribution in [3.8, 4) is 0 Å². The Kier molecular flexibility index (Phi) is 2.92. The molecule has 0 aromatic rings. The van der Waals surface area contributed by atoms with E-state index in [-0.39, 0.29) is 6.04 Å². The average molecular weight is 172 g/mol. The van der Waals surface area contributed by atoms with Crippen LogP contribution in [0.4, 0.5) is 4.79 Å². The Balaban J connectivity index is 2.53. The second-order valence-electron chi connectivity index (χ2n) is 3.30. The summed E-state index contributed by atoms with van der Waals surface area (Å²) in [5.74, 6) is 0. The summed E-state index contributed by atoms with van der Waals surface area (Å²) in [5, 5.41) is 12.1. The lowest BCUT2D eigenvalue weighted by atomic mass is 10.1. The van der Waals surface area contributed by atoms with Crippen molar-refractivity contribution in [3.63, 3.8) is 0 Å². The van der Waals surface area contributed by atoms with Crippen LogP contribution in [0.3, 0.4) is 0 Å². The van der Waals surface area contributed by atoms with E-state index in [1.165, 1.54) is 4.90 Å². The molecule has 1 aliphatic rings. The predicted octanol–water partition coefficient (Wildman–Crippen LogP) is 0.737. The predicted molar refractivity (Wildman–Crippen MR) is 46.3 cm³/mol. The van der Waals surface area contributed by atoms with Gasteiger partial charge in [-0.1, -0.05) is 6.92 Å². The van der Waals surface area contributed by atoms with E-state index in [1.54, 1.807) is 0 Å². The highest BCUT2D eigenvalue weighted by molar-refractivity contribution is 5.65. The van der Waals surface area contributed by atoms with E-state index in [2.05, 4.69) is 12.2 Å². The highest BCUT2D eigenvalue weighted by Crippen LogP contribution is 2.08. The average Bonchev–Trinajstić information content (AvgIpc) is 2.05. The van der Waals surface area contributed by atoms with E-state index in [0.717, 1.165) is 13.0 Å². The second kappa shape index (κ2) is 3.76. The van der Waals surface area contributed by atoms with Gasteiger partial charge in [0.1, 0.15) is 0 Å². The van der Waals surface area contributed by atoms with Gasteiger partial charge < -0.3 is 15.3 Å². The number of nitrogens with one attached hydrogen (secondary N) is 1. The van der Waals surface area contributed by atoms with Crippen LogP contribution in [0.15, 0.2) is 0 Å². The maximum atomic E-state index is 10.7. The quantitative estimate of drug-likeness (QED) is 0.613. The molecule has 0 aromatic heterocycles. The molecule has 1 rings (SSSR count). The summed E-state index contributed by atoms with van der Waals surface area (Å²) in [6, 6.07) is 0.433. The number of amides is 1. The van der Waals surface area contributed by atoms with Gasteiger partial charge in [-0.2, -0.15) is 0 Å². The minimum atomic E-state index is -0.803. The molecule has 12 heavy (non-hydrogen) atoms. The smallest absolute Gasteiger partial charge is 0.407 e. The van der Waals surface area contributed by atoms with Crippen molar-refractivity contribution in [2.24, 2.45) is 0 Å². The Labute approximate surface area is 72.6 Å². The maximum absolute atomic E-state index is 10.7. The van der Waals surface area contributed by atoms with Crippen molar-refractivity contribution in [3.05, 3.63) is 0 Å². The van der Waals surface area contributed by atoms with Gasteiger partial charge in [0.05, 0.1) is 0 Å². The van der Waals surface area contributed by atoms with E-state index in [1.807, 2.05) is 6.92 Å². The van der Waals surface area contributed by atoms with E-state index in [0.29, 0.717) is 12.6 Å². The van der Waals surface area contributed by atoms with Gasteiger partial charge in [0, 0.05) is 25.2 Å². The molecule has 0 spiro atoms. The standard InChI is InChI=1S/C8H16N2O2/c1-3-7-5-10(8(11)12)6(2)4-9-7/h6-7,9H,3-5H2,1-2H3,(H,11,12)/t6-,7+/m1/s1. The third-order valence-electron chi connectivity index (χ3n) is 2.39. The number of hydrogen-bond acceptors (Lipinski definition) is 2. The summed E-state index contributed by atoms with van der Waals surface area (Å²) in [6.45, 7) is 5.37. The molecule has 2 N–H and O–H groups in total. The van der Waals surface area contributed by atoms with Gasteiger partial charge in [-0.15, -0.1) is 0 Å². The van der Waals surface area contributed by atoms with Gasteiger partial charge >= 0.3 is 6.09 Å². The molecule has 0 aromatic carbocycles. The van der Waals surface area contributed by atoms with Crippen molar-refractivity contribution in [1.29, 1.82) is 0 Å². The summed E-state index contributed by atoms with van der Waals surface area (Å²) in [7, 11) is 0. The van der Waals surface area contributed by atoms with Gasteiger partial charge in [-0.3, -0.25) is 0 Å². The Morgan fingerprint density at radius 3 is 2.92 bits per heavy atom. The zero-order valence-electron chi connectivity index (χ0n) is 7.58. The van der Waals surface area contributed by atoms with E-state index < -0.39 is 6.09 Å². The fraction of sp³-hybridized carbons (Fsp3) is 0.875. The number of piperazine rings is 1. The topological polar surface area (TPSA) is 52.6 Å². The molecule has 0 bridgehead atoms. The first kappa shape index (κ1) is 9.32. The molecular formula is C8H16N2O2. The summed E-state index contributed by atoms with van der Waals surface area (Å²) >= 11 is 0. The lowest BCUT2D eigenvalue weighted by molar-refractivity contribution is 0.103. The molecule has 1 fully saturated rings. The molecule has 1 amide bonds. The van der Waals surface area contributed by atoms with Crippen LogP contribution < -0.4 is 5.32 Å². The summed E-state index contributed by atoms with van der Waals surface area (Å²) in [5.41, 5.74) is 0. The van der Waals surface area contributed by atoms with Crippen LogP contribution >= 0.6 is 0 Å². The first-order chi connectivity index (χ1) is 5.65. The zero-order valence-corrected chi connectivity index (χ0v) is 7.58. The van der Waals surface area contributed by atoms with E-state index in [4.69, 9.17) is 5.11 Å². The van der Waals surface area contributed by atoms with Crippen LogP contribution in [0.2, 0.25) is 0 Å². The first-order valence-electron chi connectivity index (χ1n) is 4.38. The molecule has 4 heteroatoms. The molecule has 0 unspecified atom stereocenters. The number of nitrogens with zero attached hydrogens (tertiary/aromatic N) is 1. The molecule has 2 atom stereocenters. The Hall–Kier alpha value is -0.770. The fourth-order valence-corrected chi connectivity index (χ4v) is 1.47. The van der Waals surface area contributed by atoms with Crippen molar-refractivity contribution < 1.29 is 9.90 Å².